The predicted octanol–water partition coefficient (Wildman–Crippen LogP) is 1.48. The number of carbonyl (C=O) groups excluding carboxylic acids is 2. The molecular formula is C12H19NO3. The number of nitrogens with zero attached hydrogens (tertiary/aromatic N) is 1. The van der Waals surface area contributed by atoms with Crippen LogP contribution in [0.15, 0.2) is 0 Å². The van der Waals surface area contributed by atoms with Gasteiger partial charge in [-0.3, -0.25) is 14.5 Å². The number of epoxide rings is 1. The topological polar surface area (TPSA) is 49.9 Å². The highest BCUT2D eigenvalue weighted by molar-refractivity contribution is 6.01. The van der Waals surface area contributed by atoms with Crippen molar-refractivity contribution in [1.29, 1.82) is 0 Å². The largest absolute Gasteiger partial charge is 0.366 e. The maximum absolute atomic E-state index is 11.4. The van der Waals surface area contributed by atoms with Crippen LogP contribution in [0.5, 0.6) is 0 Å². The van der Waals surface area contributed by atoms with Gasteiger partial charge in [0, 0.05) is 19.4 Å². The van der Waals surface area contributed by atoms with Gasteiger partial charge in [0.2, 0.25) is 11.8 Å². The van der Waals surface area contributed by atoms with E-state index in [1.54, 1.807) is 0 Å². The first-order valence-corrected chi connectivity index (χ1v) is 6.14. The molecule has 4 heteroatoms. The molecule has 4 nitrogen and oxygen atoms in total. The Bertz CT molecular complexity index is 293. The summed E-state index contributed by atoms with van der Waals surface area (Å²) < 4.78 is 5.68. The Kier molecular flexibility index (Phi) is 3.02. The van der Waals surface area contributed by atoms with Crippen LogP contribution in [0.25, 0.3) is 0 Å². The van der Waals surface area contributed by atoms with Crippen molar-refractivity contribution in [1.82, 2.24) is 4.90 Å². The molecule has 2 rings (SSSR count). The van der Waals surface area contributed by atoms with Gasteiger partial charge in [-0.15, -0.1) is 0 Å². The van der Waals surface area contributed by atoms with Crippen molar-refractivity contribution in [3.05, 3.63) is 0 Å². The van der Waals surface area contributed by atoms with Gasteiger partial charge in [-0.25, -0.2) is 0 Å². The van der Waals surface area contributed by atoms with Gasteiger partial charge < -0.3 is 4.74 Å². The number of carbonyl (C=O) groups is 2. The third kappa shape index (κ3) is 1.86. The lowest BCUT2D eigenvalue weighted by Crippen LogP contribution is -2.31. The second-order valence-electron chi connectivity index (χ2n) is 4.61. The fourth-order valence-corrected chi connectivity index (χ4v) is 2.56. The van der Waals surface area contributed by atoms with E-state index in [2.05, 4.69) is 13.8 Å². The van der Waals surface area contributed by atoms with E-state index < -0.39 is 0 Å². The van der Waals surface area contributed by atoms with Gasteiger partial charge in [-0.1, -0.05) is 13.8 Å². The Labute approximate surface area is 95.9 Å². The molecule has 2 heterocycles. The Morgan fingerprint density at radius 3 is 2.25 bits per heavy atom. The lowest BCUT2D eigenvalue weighted by molar-refractivity contribution is -0.138. The summed E-state index contributed by atoms with van der Waals surface area (Å²) >= 11 is 0. The summed E-state index contributed by atoms with van der Waals surface area (Å²) in [5.74, 6) is -0.0477. The number of hydrogen-bond donors (Lipinski definition) is 0. The van der Waals surface area contributed by atoms with Crippen LogP contribution in [0.2, 0.25) is 0 Å². The van der Waals surface area contributed by atoms with Gasteiger partial charge >= 0.3 is 0 Å². The van der Waals surface area contributed by atoms with Crippen LogP contribution in [-0.4, -0.2) is 35.0 Å². The van der Waals surface area contributed by atoms with Crippen LogP contribution >= 0.6 is 0 Å². The smallest absolute Gasteiger partial charge is 0.229 e. The van der Waals surface area contributed by atoms with Gasteiger partial charge in [-0.2, -0.15) is 0 Å². The monoisotopic (exact) mass is 225 g/mol. The molecule has 0 saturated carbocycles. The van der Waals surface area contributed by atoms with Gasteiger partial charge in [0.25, 0.3) is 0 Å². The van der Waals surface area contributed by atoms with Crippen molar-refractivity contribution in [3.8, 4) is 0 Å². The maximum Gasteiger partial charge on any atom is 0.229 e. The molecule has 0 spiro atoms. The average molecular weight is 225 g/mol. The number of rotatable bonds is 5. The number of ether oxygens (including phenoxy) is 1. The van der Waals surface area contributed by atoms with E-state index >= 15 is 0 Å². The maximum atomic E-state index is 11.4. The summed E-state index contributed by atoms with van der Waals surface area (Å²) in [5, 5.41) is 0. The highest BCUT2D eigenvalue weighted by Gasteiger charge is 2.53. The molecule has 0 aromatic carbocycles. The molecule has 0 aromatic heterocycles. The van der Waals surface area contributed by atoms with Crippen molar-refractivity contribution < 1.29 is 14.3 Å². The summed E-state index contributed by atoms with van der Waals surface area (Å²) in [6.45, 7) is 4.77. The zero-order valence-corrected chi connectivity index (χ0v) is 9.99. The fraction of sp³-hybridized carbons (Fsp3) is 0.833. The van der Waals surface area contributed by atoms with Crippen LogP contribution in [-0.2, 0) is 14.3 Å². The van der Waals surface area contributed by atoms with E-state index in [9.17, 15) is 9.59 Å². The third-order valence-corrected chi connectivity index (χ3v) is 3.87. The molecule has 16 heavy (non-hydrogen) atoms. The number of hydrogen-bond acceptors (Lipinski definition) is 3. The molecule has 0 radical (unpaired) electrons. The second kappa shape index (κ2) is 4.17. The third-order valence-electron chi connectivity index (χ3n) is 3.87. The number of imide groups is 1. The molecular weight excluding hydrogens is 206 g/mol. The molecule has 2 fully saturated rings. The lowest BCUT2D eigenvalue weighted by atomic mass is 9.97. The van der Waals surface area contributed by atoms with E-state index in [1.165, 1.54) is 4.90 Å². The van der Waals surface area contributed by atoms with Crippen molar-refractivity contribution in [2.24, 2.45) is 0 Å². The van der Waals surface area contributed by atoms with E-state index in [-0.39, 0.29) is 23.5 Å². The molecule has 2 aliphatic heterocycles. The first-order valence-electron chi connectivity index (χ1n) is 6.14. The minimum absolute atomic E-state index is 0.0238. The van der Waals surface area contributed by atoms with Crippen LogP contribution in [0.4, 0.5) is 0 Å². The van der Waals surface area contributed by atoms with Gasteiger partial charge in [0.1, 0.15) is 0 Å². The predicted molar refractivity (Wildman–Crippen MR) is 58.8 cm³/mol. The molecule has 0 aliphatic carbocycles. The summed E-state index contributed by atoms with van der Waals surface area (Å²) in [7, 11) is 0. The summed E-state index contributed by atoms with van der Waals surface area (Å²) in [6, 6.07) is 0. The highest BCUT2D eigenvalue weighted by Crippen LogP contribution is 2.44. The zero-order valence-electron chi connectivity index (χ0n) is 9.99. The van der Waals surface area contributed by atoms with Gasteiger partial charge in [0.15, 0.2) is 0 Å². The second-order valence-corrected chi connectivity index (χ2v) is 4.61. The molecule has 1 unspecified atom stereocenters. The lowest BCUT2D eigenvalue weighted by Gasteiger charge is -2.13. The van der Waals surface area contributed by atoms with E-state index in [4.69, 9.17) is 4.74 Å². The summed E-state index contributed by atoms with van der Waals surface area (Å²) in [4.78, 5) is 24.2. The molecule has 2 saturated heterocycles. The van der Waals surface area contributed by atoms with Gasteiger partial charge in [0.05, 0.1) is 11.7 Å². The number of likely N-dealkylation sites (tertiary alicyclic amines) is 1. The van der Waals surface area contributed by atoms with E-state index in [0.717, 1.165) is 19.3 Å². The standard InChI is InChI=1S/C12H19NO3/c1-3-12(4-2)9(16-12)7-8-13-10(14)5-6-11(13)15/h9H,3-8H2,1-2H3. The first kappa shape index (κ1) is 11.6. The Morgan fingerprint density at radius 2 is 1.81 bits per heavy atom. The minimum Gasteiger partial charge on any atom is -0.366 e. The van der Waals surface area contributed by atoms with Gasteiger partial charge in [-0.05, 0) is 19.3 Å². The van der Waals surface area contributed by atoms with Crippen LogP contribution < -0.4 is 0 Å². The Balaban J connectivity index is 1.81. The van der Waals surface area contributed by atoms with Crippen LogP contribution in [0.1, 0.15) is 46.0 Å². The highest BCUT2D eigenvalue weighted by atomic mass is 16.6. The summed E-state index contributed by atoms with van der Waals surface area (Å²) in [6.07, 6.45) is 3.82. The minimum atomic E-state index is -0.0238. The Morgan fingerprint density at radius 1 is 1.25 bits per heavy atom. The van der Waals surface area contributed by atoms with Crippen LogP contribution in [0.3, 0.4) is 0 Å². The van der Waals surface area contributed by atoms with Crippen molar-refractivity contribution >= 4 is 11.8 Å². The SMILES string of the molecule is CCC1(CC)OC1CCN1C(=O)CCC1=O. The van der Waals surface area contributed by atoms with Crippen molar-refractivity contribution in [2.75, 3.05) is 6.54 Å². The first-order chi connectivity index (χ1) is 7.63. The van der Waals surface area contributed by atoms with Crippen molar-refractivity contribution in [3.63, 3.8) is 0 Å². The molecule has 2 amide bonds. The average Bonchev–Trinajstić information content (AvgIpc) is 2.92. The normalized spacial score (nSPS) is 27.6. The Hall–Kier alpha value is -0.900. The summed E-state index contributed by atoms with van der Waals surface area (Å²) in [5.41, 5.74) is 0.0336. The van der Waals surface area contributed by atoms with Crippen LogP contribution in [0, 0.1) is 0 Å². The zero-order chi connectivity index (χ0) is 11.8. The van der Waals surface area contributed by atoms with Crippen molar-refractivity contribution in [2.45, 2.75) is 57.7 Å². The molecule has 90 valence electrons. The molecule has 1 atom stereocenters. The number of amides is 2. The molecule has 0 bridgehead atoms. The molecule has 0 aromatic rings. The molecule has 2 aliphatic rings. The quantitative estimate of drug-likeness (QED) is 0.526. The van der Waals surface area contributed by atoms with E-state index in [0.29, 0.717) is 19.4 Å². The molecule has 0 N–H and O–H groups in total. The van der Waals surface area contributed by atoms with E-state index in [1.807, 2.05) is 0 Å². The fourth-order valence-electron chi connectivity index (χ4n) is 2.56.